The molecular formula is C11H16N2O2. The summed E-state index contributed by atoms with van der Waals surface area (Å²) in [7, 11) is 3.30. The van der Waals surface area contributed by atoms with Gasteiger partial charge in [0.1, 0.15) is 11.5 Å². The Morgan fingerprint density at radius 3 is 2.47 bits per heavy atom. The summed E-state index contributed by atoms with van der Waals surface area (Å²) < 4.78 is 10.5. The highest BCUT2D eigenvalue weighted by Crippen LogP contribution is 2.33. The molecule has 1 aromatic rings. The molecular weight excluding hydrogens is 192 g/mol. The molecule has 0 aromatic heterocycles. The van der Waals surface area contributed by atoms with Crippen LogP contribution in [0.4, 0.5) is 0 Å². The van der Waals surface area contributed by atoms with E-state index in [9.17, 15) is 0 Å². The van der Waals surface area contributed by atoms with Gasteiger partial charge in [0, 0.05) is 18.7 Å². The van der Waals surface area contributed by atoms with E-state index in [4.69, 9.17) is 15.2 Å². The normalized spacial score (nSPS) is 18.1. The van der Waals surface area contributed by atoms with E-state index in [1.807, 2.05) is 18.2 Å². The lowest BCUT2D eigenvalue weighted by Gasteiger charge is -2.40. The summed E-state index contributed by atoms with van der Waals surface area (Å²) in [6.45, 7) is 1.55. The molecule has 4 heteroatoms. The van der Waals surface area contributed by atoms with Crippen molar-refractivity contribution in [2.24, 2.45) is 5.73 Å². The van der Waals surface area contributed by atoms with Gasteiger partial charge in [-0.2, -0.15) is 0 Å². The highest BCUT2D eigenvalue weighted by atomic mass is 16.5. The predicted molar refractivity (Wildman–Crippen MR) is 58.3 cm³/mol. The number of nitrogens with one attached hydrogen (secondary N) is 1. The molecule has 0 saturated carbocycles. The first-order chi connectivity index (χ1) is 7.19. The molecule has 0 aliphatic carbocycles. The van der Waals surface area contributed by atoms with Gasteiger partial charge in [-0.1, -0.05) is 0 Å². The quantitative estimate of drug-likeness (QED) is 0.757. The topological polar surface area (TPSA) is 56.5 Å². The van der Waals surface area contributed by atoms with Gasteiger partial charge in [0.25, 0.3) is 0 Å². The molecule has 1 aliphatic heterocycles. The van der Waals surface area contributed by atoms with E-state index in [1.165, 1.54) is 0 Å². The van der Waals surface area contributed by atoms with Gasteiger partial charge in [-0.25, -0.2) is 0 Å². The van der Waals surface area contributed by atoms with Crippen molar-refractivity contribution in [3.63, 3.8) is 0 Å². The summed E-state index contributed by atoms with van der Waals surface area (Å²) in [5, 5.41) is 3.17. The second-order valence-electron chi connectivity index (χ2n) is 3.83. The summed E-state index contributed by atoms with van der Waals surface area (Å²) in [4.78, 5) is 0. The monoisotopic (exact) mass is 208 g/mol. The Hall–Kier alpha value is -1.26. The third-order valence-corrected chi connectivity index (χ3v) is 2.82. The van der Waals surface area contributed by atoms with Gasteiger partial charge in [-0.05, 0) is 18.2 Å². The Bertz CT molecular complexity index is 362. The molecule has 2 rings (SSSR count). The second-order valence-corrected chi connectivity index (χ2v) is 3.83. The number of nitrogens with two attached hydrogens (primary N) is 1. The average molecular weight is 208 g/mol. The number of rotatable bonds is 3. The fraction of sp³-hybridized carbons (Fsp3) is 0.455. The molecule has 3 N–H and O–H groups in total. The van der Waals surface area contributed by atoms with Crippen LogP contribution in [0.2, 0.25) is 0 Å². The molecule has 1 fully saturated rings. The largest absolute Gasteiger partial charge is 0.497 e. The Morgan fingerprint density at radius 2 is 2.00 bits per heavy atom. The van der Waals surface area contributed by atoms with Crippen molar-refractivity contribution in [3.8, 4) is 11.5 Å². The number of methoxy groups -OCH3 is 2. The van der Waals surface area contributed by atoms with Crippen molar-refractivity contribution in [1.29, 1.82) is 0 Å². The predicted octanol–water partition coefficient (Wildman–Crippen LogP) is 0.461. The zero-order valence-electron chi connectivity index (χ0n) is 9.04. The maximum atomic E-state index is 6.23. The minimum Gasteiger partial charge on any atom is -0.497 e. The van der Waals surface area contributed by atoms with Gasteiger partial charge < -0.3 is 20.5 Å². The van der Waals surface area contributed by atoms with Crippen molar-refractivity contribution in [1.82, 2.24) is 5.32 Å². The van der Waals surface area contributed by atoms with E-state index in [0.29, 0.717) is 0 Å². The Morgan fingerprint density at radius 1 is 1.27 bits per heavy atom. The van der Waals surface area contributed by atoms with Crippen LogP contribution in [0.25, 0.3) is 0 Å². The van der Waals surface area contributed by atoms with Crippen LogP contribution in [0.1, 0.15) is 5.56 Å². The minimum absolute atomic E-state index is 0.320. The van der Waals surface area contributed by atoms with E-state index in [1.54, 1.807) is 14.2 Å². The Kier molecular flexibility index (Phi) is 2.54. The van der Waals surface area contributed by atoms with Gasteiger partial charge in [-0.15, -0.1) is 0 Å². The molecule has 0 amide bonds. The number of ether oxygens (including phenoxy) is 2. The van der Waals surface area contributed by atoms with Crippen molar-refractivity contribution in [2.75, 3.05) is 27.3 Å². The van der Waals surface area contributed by atoms with Crippen molar-refractivity contribution >= 4 is 0 Å². The van der Waals surface area contributed by atoms with E-state index in [0.717, 1.165) is 30.2 Å². The maximum absolute atomic E-state index is 6.23. The highest BCUT2D eigenvalue weighted by Gasteiger charge is 2.36. The lowest BCUT2D eigenvalue weighted by atomic mass is 9.84. The second kappa shape index (κ2) is 3.72. The van der Waals surface area contributed by atoms with Crippen LogP contribution in [0.15, 0.2) is 18.2 Å². The fourth-order valence-electron chi connectivity index (χ4n) is 1.79. The van der Waals surface area contributed by atoms with Crippen molar-refractivity contribution in [3.05, 3.63) is 23.8 Å². The number of hydrogen-bond donors (Lipinski definition) is 2. The van der Waals surface area contributed by atoms with Crippen LogP contribution in [0.3, 0.4) is 0 Å². The Labute approximate surface area is 89.4 Å². The highest BCUT2D eigenvalue weighted by molar-refractivity contribution is 5.46. The van der Waals surface area contributed by atoms with Crippen LogP contribution >= 0.6 is 0 Å². The lowest BCUT2D eigenvalue weighted by Crippen LogP contribution is -2.62. The first-order valence-electron chi connectivity index (χ1n) is 4.92. The van der Waals surface area contributed by atoms with Crippen LogP contribution in [-0.2, 0) is 5.54 Å². The zero-order valence-corrected chi connectivity index (χ0v) is 9.04. The van der Waals surface area contributed by atoms with Gasteiger partial charge >= 0.3 is 0 Å². The summed E-state index contributed by atoms with van der Waals surface area (Å²) in [5.74, 6) is 1.63. The van der Waals surface area contributed by atoms with Crippen LogP contribution in [-0.4, -0.2) is 27.3 Å². The Balaban J connectivity index is 2.41. The lowest BCUT2D eigenvalue weighted by molar-refractivity contribution is 0.273. The van der Waals surface area contributed by atoms with Crippen LogP contribution in [0.5, 0.6) is 11.5 Å². The van der Waals surface area contributed by atoms with Crippen LogP contribution < -0.4 is 20.5 Å². The molecule has 4 nitrogen and oxygen atoms in total. The molecule has 0 spiro atoms. The fourth-order valence-corrected chi connectivity index (χ4v) is 1.79. The first kappa shape index (κ1) is 10.3. The molecule has 15 heavy (non-hydrogen) atoms. The number of hydrogen-bond acceptors (Lipinski definition) is 4. The average Bonchev–Trinajstić information content (AvgIpc) is 2.25. The molecule has 0 radical (unpaired) electrons. The van der Waals surface area contributed by atoms with E-state index >= 15 is 0 Å². The first-order valence-corrected chi connectivity index (χ1v) is 4.92. The zero-order chi connectivity index (χ0) is 10.9. The molecule has 0 bridgehead atoms. The molecule has 1 heterocycles. The molecule has 1 aromatic carbocycles. The third-order valence-electron chi connectivity index (χ3n) is 2.82. The van der Waals surface area contributed by atoms with Gasteiger partial charge in [0.05, 0.1) is 19.8 Å². The molecule has 1 saturated heterocycles. The summed E-state index contributed by atoms with van der Waals surface area (Å²) in [6, 6.07) is 5.71. The van der Waals surface area contributed by atoms with Crippen molar-refractivity contribution in [2.45, 2.75) is 5.54 Å². The molecule has 0 unspecified atom stereocenters. The van der Waals surface area contributed by atoms with Crippen molar-refractivity contribution < 1.29 is 9.47 Å². The molecule has 0 atom stereocenters. The SMILES string of the molecule is COc1ccc(OC)c(C2(N)CNC2)c1. The summed E-state index contributed by atoms with van der Waals surface area (Å²) in [6.07, 6.45) is 0. The van der Waals surface area contributed by atoms with E-state index in [2.05, 4.69) is 5.32 Å². The van der Waals surface area contributed by atoms with E-state index in [-0.39, 0.29) is 5.54 Å². The minimum atomic E-state index is -0.320. The third kappa shape index (κ3) is 1.66. The number of benzene rings is 1. The summed E-state index contributed by atoms with van der Waals surface area (Å²) in [5.41, 5.74) is 6.91. The van der Waals surface area contributed by atoms with Gasteiger partial charge in [0.2, 0.25) is 0 Å². The van der Waals surface area contributed by atoms with Gasteiger partial charge in [0.15, 0.2) is 0 Å². The van der Waals surface area contributed by atoms with E-state index < -0.39 is 0 Å². The van der Waals surface area contributed by atoms with Gasteiger partial charge in [-0.3, -0.25) is 0 Å². The smallest absolute Gasteiger partial charge is 0.124 e. The maximum Gasteiger partial charge on any atom is 0.124 e. The molecule has 1 aliphatic rings. The standard InChI is InChI=1S/C11H16N2O2/c1-14-8-3-4-10(15-2)9(5-8)11(12)6-13-7-11/h3-5,13H,6-7,12H2,1-2H3. The molecule has 82 valence electrons. The summed E-state index contributed by atoms with van der Waals surface area (Å²) >= 11 is 0. The van der Waals surface area contributed by atoms with Crippen LogP contribution in [0, 0.1) is 0 Å².